The van der Waals surface area contributed by atoms with Gasteiger partial charge in [-0.25, -0.2) is 15.0 Å². The molecule has 0 bridgehead atoms. The molecule has 56 heavy (non-hydrogen) atoms. The third kappa shape index (κ3) is 4.28. The first-order valence-corrected chi connectivity index (χ1v) is 21.8. The number of hydrogen-bond acceptors (Lipinski definition) is 7. The molecule has 0 fully saturated rings. The van der Waals surface area contributed by atoms with E-state index in [4.69, 9.17) is 15.0 Å². The van der Waals surface area contributed by atoms with Gasteiger partial charge in [0.1, 0.15) is 0 Å². The van der Waals surface area contributed by atoms with Crippen LogP contribution in [0.25, 0.3) is 126 Å². The Hall–Kier alpha value is -6.09. The molecule has 7 heteroatoms. The van der Waals surface area contributed by atoms with Crippen molar-refractivity contribution in [1.82, 2.24) is 15.0 Å². The van der Waals surface area contributed by atoms with Crippen molar-refractivity contribution in [1.29, 1.82) is 0 Å². The summed E-state index contributed by atoms with van der Waals surface area (Å²) in [7, 11) is 0. The average Bonchev–Trinajstić information content (AvgIpc) is 4.04. The Morgan fingerprint density at radius 3 is 1.12 bits per heavy atom. The van der Waals surface area contributed by atoms with Crippen LogP contribution in [-0.4, -0.2) is 15.0 Å². The zero-order valence-corrected chi connectivity index (χ0v) is 32.7. The van der Waals surface area contributed by atoms with E-state index in [-0.39, 0.29) is 0 Å². The molecule has 13 rings (SSSR count). The van der Waals surface area contributed by atoms with E-state index >= 15 is 0 Å². The van der Waals surface area contributed by atoms with Crippen LogP contribution in [0.4, 0.5) is 0 Å². The first-order chi connectivity index (χ1) is 27.8. The lowest BCUT2D eigenvalue weighted by atomic mass is 9.92. The van der Waals surface area contributed by atoms with Crippen LogP contribution in [0.5, 0.6) is 0 Å². The first-order valence-electron chi connectivity index (χ1n) is 18.5. The van der Waals surface area contributed by atoms with Crippen LogP contribution in [0.3, 0.4) is 0 Å². The second kappa shape index (κ2) is 11.7. The molecule has 0 atom stereocenters. The average molecular weight is 784 g/mol. The molecule has 0 radical (unpaired) electrons. The number of thiophene rings is 4. The molecular formula is C49H25N3S4. The van der Waals surface area contributed by atoms with Gasteiger partial charge in [-0.15, -0.1) is 45.3 Å². The fraction of sp³-hybridized carbons (Fsp3) is 0. The highest BCUT2D eigenvalue weighted by Crippen LogP contribution is 2.57. The van der Waals surface area contributed by atoms with Crippen LogP contribution in [0, 0.1) is 0 Å². The Bertz CT molecular complexity index is 3690. The van der Waals surface area contributed by atoms with Gasteiger partial charge >= 0.3 is 0 Å². The maximum Gasteiger partial charge on any atom is 0.165 e. The van der Waals surface area contributed by atoms with Gasteiger partial charge < -0.3 is 0 Å². The smallest absolute Gasteiger partial charge is 0.165 e. The van der Waals surface area contributed by atoms with Gasteiger partial charge in [0.05, 0.1) is 18.8 Å². The summed E-state index contributed by atoms with van der Waals surface area (Å²) in [6.07, 6.45) is 0. The van der Waals surface area contributed by atoms with E-state index < -0.39 is 0 Å². The molecule has 0 saturated carbocycles. The highest BCUT2D eigenvalue weighted by molar-refractivity contribution is 7.35. The standard InChI is InChI=1S/C49H25N3S4/c1-3-14-26(15-4-1)47-50-48(27-16-5-2-6-17-27)52-49(51-47)32-22-13-21-31-39-41-38-30-20-9-11-24-34(30)54-44(38)43-36(28-18-7-10-23-33(28)53-43)40(41)37-29-19-8-12-25-35(29)55-45(37)46(39)56-42(31)32/h1-25H. The van der Waals surface area contributed by atoms with Gasteiger partial charge in [0.25, 0.3) is 0 Å². The zero-order chi connectivity index (χ0) is 36.5. The Morgan fingerprint density at radius 1 is 0.268 bits per heavy atom. The minimum absolute atomic E-state index is 0.670. The molecule has 0 aliphatic rings. The van der Waals surface area contributed by atoms with Crippen molar-refractivity contribution in [3.8, 4) is 34.2 Å². The number of rotatable bonds is 3. The number of fused-ring (bicyclic) bond motifs is 19. The summed E-state index contributed by atoms with van der Waals surface area (Å²) in [6, 6.07) is 54.2. The van der Waals surface area contributed by atoms with E-state index in [0.717, 1.165) is 16.7 Å². The van der Waals surface area contributed by atoms with E-state index in [1.165, 1.54) is 91.5 Å². The predicted molar refractivity (Wildman–Crippen MR) is 245 cm³/mol. The molecule has 13 aromatic rings. The zero-order valence-electron chi connectivity index (χ0n) is 29.4. The Kier molecular flexibility index (Phi) is 6.51. The van der Waals surface area contributed by atoms with Crippen LogP contribution >= 0.6 is 45.3 Å². The van der Waals surface area contributed by atoms with Crippen LogP contribution in [0.15, 0.2) is 152 Å². The third-order valence-electron chi connectivity index (χ3n) is 11.1. The first kappa shape index (κ1) is 31.2. The molecule has 3 nitrogen and oxygen atoms in total. The summed E-state index contributed by atoms with van der Waals surface area (Å²) in [6.45, 7) is 0. The van der Waals surface area contributed by atoms with Gasteiger partial charge in [0.15, 0.2) is 17.5 Å². The van der Waals surface area contributed by atoms with Gasteiger partial charge in [0, 0.05) is 89.4 Å². The minimum atomic E-state index is 0.670. The Balaban J connectivity index is 1.26. The number of benzene rings is 8. The molecule has 5 aromatic heterocycles. The molecule has 0 N–H and O–H groups in total. The van der Waals surface area contributed by atoms with E-state index in [1.807, 2.05) is 81.7 Å². The highest BCUT2D eigenvalue weighted by atomic mass is 32.1. The van der Waals surface area contributed by atoms with Crippen LogP contribution in [0.2, 0.25) is 0 Å². The summed E-state index contributed by atoms with van der Waals surface area (Å²) in [5.74, 6) is 2.02. The second-order valence-corrected chi connectivity index (χ2v) is 18.4. The topological polar surface area (TPSA) is 38.7 Å². The van der Waals surface area contributed by atoms with E-state index in [2.05, 4.69) is 115 Å². The Morgan fingerprint density at radius 2 is 0.643 bits per heavy atom. The summed E-state index contributed by atoms with van der Waals surface area (Å²) in [4.78, 5) is 15.5. The molecule has 0 spiro atoms. The molecule has 8 aromatic carbocycles. The van der Waals surface area contributed by atoms with Crippen molar-refractivity contribution < 1.29 is 0 Å². The van der Waals surface area contributed by atoms with Gasteiger partial charge in [0.2, 0.25) is 0 Å². The highest BCUT2D eigenvalue weighted by Gasteiger charge is 2.27. The van der Waals surface area contributed by atoms with E-state index in [1.54, 1.807) is 0 Å². The minimum Gasteiger partial charge on any atom is -0.208 e. The van der Waals surface area contributed by atoms with Gasteiger partial charge in [-0.2, -0.15) is 0 Å². The van der Waals surface area contributed by atoms with Crippen molar-refractivity contribution in [2.45, 2.75) is 0 Å². The van der Waals surface area contributed by atoms with Crippen molar-refractivity contribution in [2.24, 2.45) is 0 Å². The summed E-state index contributed by atoms with van der Waals surface area (Å²) >= 11 is 7.69. The lowest BCUT2D eigenvalue weighted by Gasteiger charge is -2.11. The fourth-order valence-corrected chi connectivity index (χ4v) is 14.0. The Labute approximate surface area is 335 Å². The number of aromatic nitrogens is 3. The van der Waals surface area contributed by atoms with E-state index in [9.17, 15) is 0 Å². The molecule has 0 amide bonds. The van der Waals surface area contributed by atoms with Crippen molar-refractivity contribution in [2.75, 3.05) is 0 Å². The lowest BCUT2D eigenvalue weighted by Crippen LogP contribution is -2.00. The van der Waals surface area contributed by atoms with Crippen LogP contribution < -0.4 is 0 Å². The number of hydrogen-bond donors (Lipinski definition) is 0. The maximum atomic E-state index is 5.22. The fourth-order valence-electron chi connectivity index (χ4n) is 8.74. The van der Waals surface area contributed by atoms with Gasteiger partial charge in [-0.1, -0.05) is 127 Å². The normalized spacial score (nSPS) is 12.3. The van der Waals surface area contributed by atoms with Crippen LogP contribution in [0.1, 0.15) is 0 Å². The third-order valence-corrected chi connectivity index (χ3v) is 16.2. The molecular weight excluding hydrogens is 759 g/mol. The monoisotopic (exact) mass is 783 g/mol. The maximum absolute atomic E-state index is 5.22. The van der Waals surface area contributed by atoms with Crippen LogP contribution in [-0.2, 0) is 0 Å². The van der Waals surface area contributed by atoms with Gasteiger partial charge in [-0.3, -0.25) is 0 Å². The van der Waals surface area contributed by atoms with Crippen molar-refractivity contribution in [3.63, 3.8) is 0 Å². The van der Waals surface area contributed by atoms with Crippen molar-refractivity contribution >= 4 is 137 Å². The molecule has 0 aliphatic heterocycles. The quantitative estimate of drug-likeness (QED) is 0.179. The summed E-state index contributed by atoms with van der Waals surface area (Å²) in [5.41, 5.74) is 2.96. The molecule has 260 valence electrons. The SMILES string of the molecule is c1ccc(-c2nc(-c3ccccc3)nc(-c3cccc4c3sc3c5sc6ccccc6c5c5c6c7ccccc7sc6c6sc7ccccc7c6c5c43)n2)cc1. The molecule has 0 aliphatic carbocycles. The van der Waals surface area contributed by atoms with E-state index in [0.29, 0.717) is 17.5 Å². The summed E-state index contributed by atoms with van der Waals surface area (Å²) in [5, 5.41) is 13.4. The second-order valence-electron chi connectivity index (χ2n) is 14.2. The molecule has 5 heterocycles. The predicted octanol–water partition coefficient (Wildman–Crippen LogP) is 15.5. The number of nitrogens with zero attached hydrogens (tertiary/aromatic N) is 3. The lowest BCUT2D eigenvalue weighted by molar-refractivity contribution is 1.08. The molecule has 0 unspecified atom stereocenters. The molecule has 0 saturated heterocycles. The van der Waals surface area contributed by atoms with Crippen molar-refractivity contribution in [3.05, 3.63) is 152 Å². The van der Waals surface area contributed by atoms with Gasteiger partial charge in [-0.05, 0) is 24.3 Å². The summed E-state index contributed by atoms with van der Waals surface area (Å²) < 4.78 is 10.6. The largest absolute Gasteiger partial charge is 0.208 e.